The first-order valence-corrected chi connectivity index (χ1v) is 11.2. The third kappa shape index (κ3) is 4.29. The number of piperidine rings is 1. The SMILES string of the molecule is [B]N1C(=O)CC[C@]([B])(N2Cc3cc(C([B])([B])N([B])C(=O)C(F)(F)c4ccc(Cl)cc4)ccc3C2=O)C1=O. The Labute approximate surface area is 222 Å². The van der Waals surface area contributed by atoms with Gasteiger partial charge in [-0.3, -0.25) is 19.2 Å². The van der Waals surface area contributed by atoms with Crippen LogP contribution in [-0.4, -0.2) is 83.1 Å². The van der Waals surface area contributed by atoms with Gasteiger partial charge < -0.3 is 14.5 Å². The van der Waals surface area contributed by atoms with E-state index in [0.29, 0.717) is 4.81 Å². The van der Waals surface area contributed by atoms with Gasteiger partial charge in [-0.15, -0.1) is 0 Å². The number of amides is 4. The molecule has 2 aromatic rings. The molecule has 2 aliphatic rings. The number of imide groups is 1. The molecule has 0 aromatic heterocycles. The monoisotopic (exact) mass is 511 g/mol. The molecule has 1 fully saturated rings. The van der Waals surface area contributed by atoms with Crippen LogP contribution in [0.2, 0.25) is 5.02 Å². The van der Waals surface area contributed by atoms with E-state index in [4.69, 9.17) is 51.1 Å². The Bertz CT molecular complexity index is 1330. The number of hydrogen-bond acceptors (Lipinski definition) is 4. The average Bonchev–Trinajstić information content (AvgIpc) is 3.20. The molecule has 0 aliphatic carbocycles. The quantitative estimate of drug-likeness (QED) is 0.435. The summed E-state index contributed by atoms with van der Waals surface area (Å²) >= 11 is 5.72. The molecule has 176 valence electrons. The molecule has 0 bridgehead atoms. The zero-order valence-corrected chi connectivity index (χ0v) is 19.9. The lowest BCUT2D eigenvalue weighted by molar-refractivity contribution is -0.155. The number of carbonyl (C=O) groups is 4. The molecule has 2 heterocycles. The molecule has 0 saturated carbocycles. The summed E-state index contributed by atoms with van der Waals surface area (Å²) in [6.07, 6.45) is -0.321. The van der Waals surface area contributed by atoms with E-state index in [2.05, 4.69) is 0 Å². The third-order valence-electron chi connectivity index (χ3n) is 6.52. The molecule has 7 nitrogen and oxygen atoms in total. The molecule has 2 aliphatic heterocycles. The van der Waals surface area contributed by atoms with E-state index < -0.39 is 45.9 Å². The van der Waals surface area contributed by atoms with Crippen molar-refractivity contribution in [2.45, 2.75) is 36.1 Å². The molecule has 1 atom stereocenters. The van der Waals surface area contributed by atoms with Crippen LogP contribution < -0.4 is 0 Å². The second-order valence-corrected chi connectivity index (χ2v) is 9.27. The van der Waals surface area contributed by atoms with Crippen molar-refractivity contribution in [2.24, 2.45) is 0 Å². The van der Waals surface area contributed by atoms with Crippen molar-refractivity contribution in [3.05, 3.63) is 69.7 Å². The smallest absolute Gasteiger partial charge is 0.348 e. The van der Waals surface area contributed by atoms with Gasteiger partial charge in [0.1, 0.15) is 7.85 Å². The van der Waals surface area contributed by atoms with Crippen LogP contribution in [0.25, 0.3) is 0 Å². The van der Waals surface area contributed by atoms with Gasteiger partial charge in [0.15, 0.2) is 0 Å². The van der Waals surface area contributed by atoms with Crippen LogP contribution >= 0.6 is 11.6 Å². The first-order chi connectivity index (χ1) is 17.1. The molecule has 2 aromatic carbocycles. The summed E-state index contributed by atoms with van der Waals surface area (Å²) in [5.74, 6) is -8.21. The van der Waals surface area contributed by atoms with E-state index in [9.17, 15) is 28.0 Å². The van der Waals surface area contributed by atoms with Gasteiger partial charge in [-0.2, -0.15) is 8.78 Å². The summed E-state index contributed by atoms with van der Waals surface area (Å²) in [5.41, 5.74) is -2.25. The normalized spacial score (nSPS) is 20.2. The molecule has 0 spiro atoms. The average molecular weight is 511 g/mol. The van der Waals surface area contributed by atoms with Gasteiger partial charge in [-0.05, 0) is 41.1 Å². The molecule has 0 N–H and O–H groups in total. The van der Waals surface area contributed by atoms with Crippen LogP contribution in [0.4, 0.5) is 8.78 Å². The number of carbonyl (C=O) groups excluding carboxylic acids is 4. The van der Waals surface area contributed by atoms with Crippen LogP contribution in [0.3, 0.4) is 0 Å². The van der Waals surface area contributed by atoms with Gasteiger partial charge in [0.25, 0.3) is 11.8 Å². The van der Waals surface area contributed by atoms with E-state index in [1.165, 1.54) is 30.3 Å². The standard InChI is InChI=1S/C22H13B5ClF2N3O4/c23-20(8-7-16(34)32(26)18(20)36)31-10-11-9-13(3-6-15(11)17(31)35)22(24,25)33(27)19(37)21(29,30)12-1-4-14(28)5-2-12/h1-6,9H,7-8,10H2/t20-/m0/s1. The second-order valence-electron chi connectivity index (χ2n) is 8.84. The van der Waals surface area contributed by atoms with E-state index in [0.717, 1.165) is 17.0 Å². The zero-order chi connectivity index (χ0) is 27.5. The second kappa shape index (κ2) is 9.08. The fourth-order valence-electron chi connectivity index (χ4n) is 4.23. The lowest BCUT2D eigenvalue weighted by atomic mass is 9.55. The van der Waals surface area contributed by atoms with E-state index in [1.54, 1.807) is 0 Å². The van der Waals surface area contributed by atoms with Crippen molar-refractivity contribution >= 4 is 74.7 Å². The van der Waals surface area contributed by atoms with Crippen molar-refractivity contribution < 1.29 is 28.0 Å². The number of nitrogens with zero attached hydrogens (tertiary/aromatic N) is 3. The summed E-state index contributed by atoms with van der Waals surface area (Å²) < 4.78 is 29.8. The molecule has 4 rings (SSSR count). The van der Waals surface area contributed by atoms with Gasteiger partial charge in [0.2, 0.25) is 27.8 Å². The molecule has 0 unspecified atom stereocenters. The maximum atomic E-state index is 14.9. The highest BCUT2D eigenvalue weighted by atomic mass is 35.5. The van der Waals surface area contributed by atoms with Crippen LogP contribution in [0.15, 0.2) is 42.5 Å². The number of alkyl halides is 2. The fourth-order valence-corrected chi connectivity index (χ4v) is 4.36. The molecular weight excluding hydrogens is 498 g/mol. The van der Waals surface area contributed by atoms with Gasteiger partial charge >= 0.3 is 5.92 Å². The summed E-state index contributed by atoms with van der Waals surface area (Å²) in [4.78, 5) is 51.5. The topological polar surface area (TPSA) is 78.0 Å². The van der Waals surface area contributed by atoms with Crippen molar-refractivity contribution in [3.63, 3.8) is 0 Å². The largest absolute Gasteiger partial charge is 0.398 e. The summed E-state index contributed by atoms with van der Waals surface area (Å²) in [5, 5.41) is -2.25. The summed E-state index contributed by atoms with van der Waals surface area (Å²) in [6, 6.07) is 8.11. The number of hydrogen-bond donors (Lipinski definition) is 0. The highest BCUT2D eigenvalue weighted by Gasteiger charge is 2.50. The maximum Gasteiger partial charge on any atom is 0.348 e. The van der Waals surface area contributed by atoms with E-state index >= 15 is 0 Å². The van der Waals surface area contributed by atoms with Gasteiger partial charge in [-0.1, -0.05) is 35.9 Å². The van der Waals surface area contributed by atoms with Crippen LogP contribution in [0.1, 0.15) is 39.9 Å². The molecule has 15 heteroatoms. The summed E-state index contributed by atoms with van der Waals surface area (Å²) in [7, 11) is 29.5. The van der Waals surface area contributed by atoms with Gasteiger partial charge in [0.05, 0.1) is 21.1 Å². The molecule has 37 heavy (non-hydrogen) atoms. The molecule has 1 saturated heterocycles. The molecule has 10 radical (unpaired) electrons. The minimum absolute atomic E-state index is 0.00483. The predicted molar refractivity (Wildman–Crippen MR) is 133 cm³/mol. The van der Waals surface area contributed by atoms with Crippen molar-refractivity contribution in [2.75, 3.05) is 0 Å². The minimum Gasteiger partial charge on any atom is -0.398 e. The number of halogens is 3. The lowest BCUT2D eigenvalue weighted by Gasteiger charge is -2.43. The summed E-state index contributed by atoms with van der Waals surface area (Å²) in [6.45, 7) is -0.207. The van der Waals surface area contributed by atoms with E-state index in [1.807, 2.05) is 0 Å². The third-order valence-corrected chi connectivity index (χ3v) is 6.78. The first-order valence-electron chi connectivity index (χ1n) is 10.8. The first kappa shape index (κ1) is 27.0. The molecular formula is C22H13B5ClF2N3O4. The minimum atomic E-state index is -4.09. The Morgan fingerprint density at radius 3 is 2.27 bits per heavy atom. The highest BCUT2D eigenvalue weighted by molar-refractivity contribution is 6.43. The molecule has 4 amide bonds. The van der Waals surface area contributed by atoms with E-state index in [-0.39, 0.29) is 45.9 Å². The number of benzene rings is 2. The van der Waals surface area contributed by atoms with Crippen molar-refractivity contribution in [3.8, 4) is 0 Å². The van der Waals surface area contributed by atoms with Crippen LogP contribution in [0.5, 0.6) is 0 Å². The Balaban J connectivity index is 1.61. The highest BCUT2D eigenvalue weighted by Crippen LogP contribution is 2.37. The Kier molecular flexibility index (Phi) is 6.63. The zero-order valence-electron chi connectivity index (χ0n) is 19.2. The fraction of sp³-hybridized carbons (Fsp3) is 0.273. The maximum absolute atomic E-state index is 14.9. The Morgan fingerprint density at radius 1 is 1.05 bits per heavy atom. The van der Waals surface area contributed by atoms with Crippen LogP contribution in [-0.2, 0) is 32.2 Å². The number of rotatable bonds is 5. The Hall–Kier alpha value is -3.01. The van der Waals surface area contributed by atoms with Crippen LogP contribution in [0, 0.1) is 0 Å². The van der Waals surface area contributed by atoms with Gasteiger partial charge in [0, 0.05) is 29.1 Å². The lowest BCUT2D eigenvalue weighted by Crippen LogP contribution is -2.64. The number of fused-ring (bicyclic) bond motifs is 1. The predicted octanol–water partition coefficient (Wildman–Crippen LogP) is 0.545. The van der Waals surface area contributed by atoms with Gasteiger partial charge in [-0.25, -0.2) is 0 Å². The van der Waals surface area contributed by atoms with Crippen molar-refractivity contribution in [1.82, 2.24) is 14.5 Å². The van der Waals surface area contributed by atoms with Crippen molar-refractivity contribution in [1.29, 1.82) is 0 Å². The Morgan fingerprint density at radius 2 is 1.65 bits per heavy atom.